The molecule has 0 aliphatic heterocycles. The quantitative estimate of drug-likeness (QED) is 0.283. The Hall–Kier alpha value is -1.35. The first-order chi connectivity index (χ1) is 11.7. The fourth-order valence-electron chi connectivity index (χ4n) is 1.99. The Balaban J connectivity index is 0.00000576. The van der Waals surface area contributed by atoms with Crippen LogP contribution in [0.3, 0.4) is 0 Å². The summed E-state index contributed by atoms with van der Waals surface area (Å²) in [5.74, 6) is 0.928. The second kappa shape index (κ2) is 14.9. The molecule has 1 atom stereocenters. The number of carbonyl (C=O) groups excluding carboxylic acids is 1. The molecule has 0 bridgehead atoms. The van der Waals surface area contributed by atoms with E-state index in [0.717, 1.165) is 13.0 Å². The maximum atomic E-state index is 11.6. The summed E-state index contributed by atoms with van der Waals surface area (Å²) in [6.07, 6.45) is 0.930. The van der Waals surface area contributed by atoms with Crippen molar-refractivity contribution in [3.05, 3.63) is 35.9 Å². The van der Waals surface area contributed by atoms with E-state index in [1.165, 1.54) is 5.56 Å². The van der Waals surface area contributed by atoms with Crippen molar-refractivity contribution in [2.45, 2.75) is 26.9 Å². The van der Waals surface area contributed by atoms with E-state index in [-0.39, 0.29) is 36.4 Å². The first-order valence-electron chi connectivity index (χ1n) is 8.48. The van der Waals surface area contributed by atoms with E-state index >= 15 is 0 Å². The molecule has 0 saturated carbocycles. The molecule has 7 heteroatoms. The van der Waals surface area contributed by atoms with E-state index < -0.39 is 0 Å². The van der Waals surface area contributed by atoms with Gasteiger partial charge in [-0.1, -0.05) is 44.2 Å². The van der Waals surface area contributed by atoms with Gasteiger partial charge in [-0.05, 0) is 17.9 Å². The smallest absolute Gasteiger partial charge is 0.239 e. The zero-order chi connectivity index (χ0) is 17.6. The maximum absolute atomic E-state index is 11.6. The molecule has 0 radical (unpaired) electrons. The largest absolute Gasteiger partial charge is 0.376 e. The lowest BCUT2D eigenvalue weighted by Gasteiger charge is -2.16. The zero-order valence-corrected chi connectivity index (χ0v) is 17.7. The Morgan fingerprint density at radius 2 is 1.92 bits per heavy atom. The minimum Gasteiger partial charge on any atom is -0.376 e. The van der Waals surface area contributed by atoms with Crippen LogP contribution < -0.4 is 16.0 Å². The van der Waals surface area contributed by atoms with Gasteiger partial charge in [-0.25, -0.2) is 0 Å². The lowest BCUT2D eigenvalue weighted by atomic mass is 10.2. The van der Waals surface area contributed by atoms with Gasteiger partial charge in [-0.2, -0.15) is 0 Å². The number of nitrogens with one attached hydrogen (secondary N) is 3. The van der Waals surface area contributed by atoms with Crippen molar-refractivity contribution in [2.24, 2.45) is 10.9 Å². The number of carbonyl (C=O) groups is 1. The number of rotatable bonds is 10. The van der Waals surface area contributed by atoms with Crippen LogP contribution >= 0.6 is 24.0 Å². The van der Waals surface area contributed by atoms with Crippen LogP contribution in [0.2, 0.25) is 0 Å². The average Bonchev–Trinajstić information content (AvgIpc) is 2.61. The highest BCUT2D eigenvalue weighted by Gasteiger charge is 2.06. The summed E-state index contributed by atoms with van der Waals surface area (Å²) in [4.78, 5) is 15.7. The van der Waals surface area contributed by atoms with Gasteiger partial charge < -0.3 is 20.7 Å². The molecule has 0 fully saturated rings. The van der Waals surface area contributed by atoms with Crippen LogP contribution in [0.5, 0.6) is 0 Å². The highest BCUT2D eigenvalue weighted by atomic mass is 127. The average molecular weight is 462 g/mol. The van der Waals surface area contributed by atoms with Crippen LogP contribution in [-0.4, -0.2) is 45.2 Å². The molecule has 0 spiro atoms. The van der Waals surface area contributed by atoms with Crippen LogP contribution in [0.1, 0.15) is 25.8 Å². The predicted octanol–water partition coefficient (Wildman–Crippen LogP) is 2.15. The number of aliphatic imine (C=N–C) groups is 1. The third kappa shape index (κ3) is 11.8. The summed E-state index contributed by atoms with van der Waals surface area (Å²) >= 11 is 0. The predicted molar refractivity (Wildman–Crippen MR) is 113 cm³/mol. The van der Waals surface area contributed by atoms with E-state index in [1.807, 2.05) is 25.1 Å². The molecule has 1 aromatic carbocycles. The van der Waals surface area contributed by atoms with Crippen molar-refractivity contribution in [1.82, 2.24) is 16.0 Å². The molecule has 0 aliphatic rings. The van der Waals surface area contributed by atoms with Crippen molar-refractivity contribution >= 4 is 35.8 Å². The summed E-state index contributed by atoms with van der Waals surface area (Å²) < 4.78 is 5.73. The SMILES string of the molecule is CCCNC(=O)CNC(=NC)NCC(C)COCc1ccccc1.I. The van der Waals surface area contributed by atoms with Crippen molar-refractivity contribution in [3.63, 3.8) is 0 Å². The Bertz CT molecular complexity index is 497. The van der Waals surface area contributed by atoms with Gasteiger partial charge in [0.05, 0.1) is 19.8 Å². The molecule has 0 aliphatic carbocycles. The minimum atomic E-state index is -0.0287. The van der Waals surface area contributed by atoms with Gasteiger partial charge in [0.25, 0.3) is 0 Å². The normalized spacial score (nSPS) is 12.0. The maximum Gasteiger partial charge on any atom is 0.239 e. The standard InChI is InChI=1S/C18H30N4O2.HI/c1-4-10-20-17(23)12-22-18(19-3)21-11-15(2)13-24-14-16-8-6-5-7-9-16;/h5-9,15H,4,10-14H2,1-3H3,(H,20,23)(H2,19,21,22);1H. The van der Waals surface area contributed by atoms with Crippen molar-refractivity contribution in [2.75, 3.05) is 33.3 Å². The Labute approximate surface area is 168 Å². The molecule has 1 unspecified atom stereocenters. The Morgan fingerprint density at radius 1 is 1.20 bits per heavy atom. The molecular weight excluding hydrogens is 431 g/mol. The van der Waals surface area contributed by atoms with Crippen LogP contribution in [0.25, 0.3) is 0 Å². The molecule has 6 nitrogen and oxygen atoms in total. The Morgan fingerprint density at radius 3 is 2.56 bits per heavy atom. The lowest BCUT2D eigenvalue weighted by Crippen LogP contribution is -2.44. The number of halogens is 1. The van der Waals surface area contributed by atoms with E-state index in [4.69, 9.17) is 4.74 Å². The van der Waals surface area contributed by atoms with Gasteiger partial charge in [0.1, 0.15) is 0 Å². The molecule has 1 amide bonds. The number of ether oxygens (including phenoxy) is 1. The van der Waals surface area contributed by atoms with E-state index in [9.17, 15) is 4.79 Å². The number of amides is 1. The third-order valence-electron chi connectivity index (χ3n) is 3.34. The number of benzene rings is 1. The van der Waals surface area contributed by atoms with E-state index in [0.29, 0.717) is 31.6 Å². The first-order valence-corrected chi connectivity index (χ1v) is 8.48. The number of hydrogen-bond acceptors (Lipinski definition) is 3. The summed E-state index contributed by atoms with van der Waals surface area (Å²) in [6.45, 7) is 7.06. The van der Waals surface area contributed by atoms with Crippen LogP contribution in [0.15, 0.2) is 35.3 Å². The molecule has 1 rings (SSSR count). The third-order valence-corrected chi connectivity index (χ3v) is 3.34. The summed E-state index contributed by atoms with van der Waals surface area (Å²) in [6, 6.07) is 10.1. The van der Waals surface area contributed by atoms with Crippen molar-refractivity contribution in [1.29, 1.82) is 0 Å². The lowest BCUT2D eigenvalue weighted by molar-refractivity contribution is -0.120. The van der Waals surface area contributed by atoms with Gasteiger partial charge in [0, 0.05) is 20.1 Å². The topological polar surface area (TPSA) is 74.8 Å². The minimum absolute atomic E-state index is 0. The second-order valence-electron chi connectivity index (χ2n) is 5.76. The van der Waals surface area contributed by atoms with Gasteiger partial charge in [-0.15, -0.1) is 24.0 Å². The van der Waals surface area contributed by atoms with Crippen LogP contribution in [-0.2, 0) is 16.1 Å². The second-order valence-corrected chi connectivity index (χ2v) is 5.76. The van der Waals surface area contributed by atoms with E-state index in [1.54, 1.807) is 7.05 Å². The molecule has 0 aromatic heterocycles. The molecule has 25 heavy (non-hydrogen) atoms. The summed E-state index contributed by atoms with van der Waals surface area (Å²) in [5, 5.41) is 9.03. The van der Waals surface area contributed by atoms with Crippen molar-refractivity contribution < 1.29 is 9.53 Å². The van der Waals surface area contributed by atoms with Gasteiger partial charge in [0.2, 0.25) is 5.91 Å². The first kappa shape index (κ1) is 23.6. The van der Waals surface area contributed by atoms with Gasteiger partial charge in [0.15, 0.2) is 5.96 Å². The highest BCUT2D eigenvalue weighted by molar-refractivity contribution is 14.0. The highest BCUT2D eigenvalue weighted by Crippen LogP contribution is 2.02. The van der Waals surface area contributed by atoms with Crippen LogP contribution in [0, 0.1) is 5.92 Å². The summed E-state index contributed by atoms with van der Waals surface area (Å²) in [5.41, 5.74) is 1.17. The van der Waals surface area contributed by atoms with Crippen molar-refractivity contribution in [3.8, 4) is 0 Å². The fourth-order valence-corrected chi connectivity index (χ4v) is 1.99. The fraction of sp³-hybridized carbons (Fsp3) is 0.556. The molecule has 0 heterocycles. The molecule has 1 aromatic rings. The number of nitrogens with zero attached hydrogens (tertiary/aromatic N) is 1. The van der Waals surface area contributed by atoms with Gasteiger partial charge in [-0.3, -0.25) is 9.79 Å². The number of guanidine groups is 1. The van der Waals surface area contributed by atoms with Crippen LogP contribution in [0.4, 0.5) is 0 Å². The van der Waals surface area contributed by atoms with E-state index in [2.05, 4.69) is 40.0 Å². The zero-order valence-electron chi connectivity index (χ0n) is 15.4. The molecular formula is C18H31IN4O2. The molecule has 0 saturated heterocycles. The summed E-state index contributed by atoms with van der Waals surface area (Å²) in [7, 11) is 1.69. The molecule has 3 N–H and O–H groups in total. The number of hydrogen-bond donors (Lipinski definition) is 3. The molecule has 142 valence electrons. The van der Waals surface area contributed by atoms with Gasteiger partial charge >= 0.3 is 0 Å². The monoisotopic (exact) mass is 462 g/mol. The Kier molecular flexibility index (Phi) is 14.1.